The van der Waals surface area contributed by atoms with Crippen LogP contribution in [0.1, 0.15) is 88.0 Å². The average molecular weight is 696 g/mol. The van der Waals surface area contributed by atoms with Gasteiger partial charge in [-0.15, -0.1) is 0 Å². The summed E-state index contributed by atoms with van der Waals surface area (Å²) in [5, 5.41) is 12.2. The molecule has 4 fully saturated rings. The van der Waals surface area contributed by atoms with E-state index < -0.39 is 30.2 Å². The van der Waals surface area contributed by atoms with Crippen molar-refractivity contribution in [1.82, 2.24) is 10.2 Å². The molecule has 10 heteroatoms. The number of imide groups is 1. The smallest absolute Gasteiger partial charge is 0.408 e. The second kappa shape index (κ2) is 14.1. The molecule has 2 N–H and O–H groups in total. The molecule has 1 saturated carbocycles. The van der Waals surface area contributed by atoms with Crippen LogP contribution >= 0.6 is 0 Å². The van der Waals surface area contributed by atoms with Gasteiger partial charge >= 0.3 is 6.09 Å². The molecular formula is C41H49N3O7. The fourth-order valence-electron chi connectivity index (χ4n) is 9.05. The van der Waals surface area contributed by atoms with Crippen molar-refractivity contribution in [3.8, 4) is 0 Å². The van der Waals surface area contributed by atoms with Crippen LogP contribution in [0.15, 0.2) is 78.9 Å². The summed E-state index contributed by atoms with van der Waals surface area (Å²) < 4.78 is 18.7. The van der Waals surface area contributed by atoms with Crippen molar-refractivity contribution in [1.29, 1.82) is 0 Å². The first-order chi connectivity index (χ1) is 24.4. The van der Waals surface area contributed by atoms with Gasteiger partial charge in [0.1, 0.15) is 12.6 Å². The standard InChI is InChI=1S/C41H49N3O7/c1-26-34(21-43-25-41(4)20-32(43)19-40(2,3)24-41)50-38(51-36(26)29-12-10-27(22-45)11-13-29)30-14-16-31(17-15-30)44-35(46)18-33(37(44)47)42-39(48)49-23-28-8-6-5-7-9-28/h5-17,26,32-34,36,38,45H,18-25H2,1-4H3,(H,42,48)/t26-,32?,33?,34+,36+,38+,41?/m1/s1. The van der Waals surface area contributed by atoms with E-state index in [9.17, 15) is 19.5 Å². The highest BCUT2D eigenvalue weighted by atomic mass is 16.7. The summed E-state index contributed by atoms with van der Waals surface area (Å²) in [7, 11) is 0. The van der Waals surface area contributed by atoms with E-state index in [1.807, 2.05) is 66.7 Å². The molecule has 3 aromatic rings. The first kappa shape index (κ1) is 35.3. The molecule has 3 aromatic carbocycles. The number of carbonyl (C=O) groups excluding carboxylic acids is 3. The highest BCUT2D eigenvalue weighted by Crippen LogP contribution is 2.53. The number of benzene rings is 3. The van der Waals surface area contributed by atoms with Gasteiger partial charge in [-0.05, 0) is 58.9 Å². The van der Waals surface area contributed by atoms with E-state index in [1.54, 1.807) is 12.1 Å². The first-order valence-electron chi connectivity index (χ1n) is 18.1. The molecule has 10 nitrogen and oxygen atoms in total. The van der Waals surface area contributed by atoms with Crippen molar-refractivity contribution in [2.75, 3.05) is 18.0 Å². The third-order valence-electron chi connectivity index (χ3n) is 11.1. The normalized spacial score (nSPS) is 30.4. The number of amides is 3. The topological polar surface area (TPSA) is 118 Å². The zero-order chi connectivity index (χ0) is 35.9. The van der Waals surface area contributed by atoms with Crippen molar-refractivity contribution in [3.05, 3.63) is 101 Å². The molecule has 3 saturated heterocycles. The van der Waals surface area contributed by atoms with Crippen molar-refractivity contribution in [3.63, 3.8) is 0 Å². The second-order valence-corrected chi connectivity index (χ2v) is 16.1. The molecule has 3 unspecified atom stereocenters. The molecule has 0 aromatic heterocycles. The Bertz CT molecular complexity index is 1730. The Hall–Kier alpha value is -4.09. The number of aliphatic hydroxyl groups excluding tert-OH is 1. The van der Waals surface area contributed by atoms with Gasteiger partial charge in [0.2, 0.25) is 5.91 Å². The van der Waals surface area contributed by atoms with Gasteiger partial charge in [0.15, 0.2) is 6.29 Å². The number of anilines is 1. The van der Waals surface area contributed by atoms with Crippen molar-refractivity contribution < 1.29 is 33.7 Å². The van der Waals surface area contributed by atoms with Gasteiger partial charge in [0.25, 0.3) is 5.91 Å². The number of hydrogen-bond donors (Lipinski definition) is 2. The number of fused-ring (bicyclic) bond motifs is 2. The molecule has 0 radical (unpaired) electrons. The Labute approximate surface area is 300 Å². The maximum atomic E-state index is 13.3. The lowest BCUT2D eigenvalue weighted by Crippen LogP contribution is -2.46. The minimum Gasteiger partial charge on any atom is -0.445 e. The van der Waals surface area contributed by atoms with Crippen LogP contribution in [-0.2, 0) is 37.0 Å². The number of carbonyl (C=O) groups is 3. The van der Waals surface area contributed by atoms with Gasteiger partial charge < -0.3 is 24.6 Å². The van der Waals surface area contributed by atoms with E-state index in [2.05, 4.69) is 37.9 Å². The first-order valence-corrected chi connectivity index (χ1v) is 18.1. The number of hydrogen-bond acceptors (Lipinski definition) is 8. The maximum Gasteiger partial charge on any atom is 0.408 e. The molecule has 2 bridgehead atoms. The quantitative estimate of drug-likeness (QED) is 0.246. The molecule has 1 aliphatic carbocycles. The van der Waals surface area contributed by atoms with E-state index in [1.165, 1.54) is 19.3 Å². The summed E-state index contributed by atoms with van der Waals surface area (Å²) in [4.78, 5) is 42.5. The molecule has 4 aliphatic rings. The molecule has 3 heterocycles. The monoisotopic (exact) mass is 695 g/mol. The predicted molar refractivity (Wildman–Crippen MR) is 191 cm³/mol. The largest absolute Gasteiger partial charge is 0.445 e. The van der Waals surface area contributed by atoms with Crippen molar-refractivity contribution >= 4 is 23.6 Å². The molecule has 3 amide bonds. The second-order valence-electron chi connectivity index (χ2n) is 16.1. The van der Waals surface area contributed by atoms with E-state index >= 15 is 0 Å². The van der Waals surface area contributed by atoms with Crippen LogP contribution in [0.5, 0.6) is 0 Å². The van der Waals surface area contributed by atoms with E-state index in [4.69, 9.17) is 14.2 Å². The zero-order valence-electron chi connectivity index (χ0n) is 29.9. The minimum atomic E-state index is -1.01. The van der Waals surface area contributed by atoms with Gasteiger partial charge in [-0.3, -0.25) is 14.5 Å². The number of aliphatic hydroxyl groups is 1. The van der Waals surface area contributed by atoms with E-state index in [0.29, 0.717) is 22.6 Å². The average Bonchev–Trinajstić information content (AvgIpc) is 3.52. The minimum absolute atomic E-state index is 0.0231. The van der Waals surface area contributed by atoms with Crippen molar-refractivity contribution in [2.45, 2.75) is 97.2 Å². The maximum absolute atomic E-state index is 13.3. The van der Waals surface area contributed by atoms with Crippen molar-refractivity contribution in [2.24, 2.45) is 16.7 Å². The van der Waals surface area contributed by atoms with Crippen LogP contribution in [-0.4, -0.2) is 59.2 Å². The van der Waals surface area contributed by atoms with E-state index in [-0.39, 0.29) is 37.8 Å². The molecule has 3 aliphatic heterocycles. The fourth-order valence-corrected chi connectivity index (χ4v) is 9.05. The van der Waals surface area contributed by atoms with E-state index in [0.717, 1.165) is 40.2 Å². The number of ether oxygens (including phenoxy) is 3. The van der Waals surface area contributed by atoms with Gasteiger partial charge in [-0.25, -0.2) is 9.69 Å². The Kier molecular flexibility index (Phi) is 9.80. The third kappa shape index (κ3) is 7.60. The number of nitrogens with one attached hydrogen (secondary N) is 1. The summed E-state index contributed by atoms with van der Waals surface area (Å²) in [5.41, 5.74) is 4.49. The Balaban J connectivity index is 1.06. The highest BCUT2D eigenvalue weighted by molar-refractivity contribution is 6.22. The van der Waals surface area contributed by atoms with Crippen LogP contribution < -0.4 is 10.2 Å². The Morgan fingerprint density at radius 2 is 1.63 bits per heavy atom. The van der Waals surface area contributed by atoms with Gasteiger partial charge in [-0.1, -0.05) is 94.4 Å². The lowest BCUT2D eigenvalue weighted by Gasteiger charge is -2.43. The summed E-state index contributed by atoms with van der Waals surface area (Å²) in [5.74, 6) is -0.854. The van der Waals surface area contributed by atoms with Gasteiger partial charge in [-0.2, -0.15) is 0 Å². The van der Waals surface area contributed by atoms with Gasteiger partial charge in [0, 0.05) is 30.6 Å². The lowest BCUT2D eigenvalue weighted by atomic mass is 9.65. The Morgan fingerprint density at radius 3 is 2.33 bits per heavy atom. The number of alkyl carbamates (subject to hydrolysis) is 1. The third-order valence-corrected chi connectivity index (χ3v) is 11.1. The molecule has 0 spiro atoms. The Morgan fingerprint density at radius 1 is 0.922 bits per heavy atom. The van der Waals surface area contributed by atoms with Crippen LogP contribution in [0, 0.1) is 16.7 Å². The van der Waals surface area contributed by atoms with Gasteiger partial charge in [0.05, 0.1) is 30.9 Å². The summed E-state index contributed by atoms with van der Waals surface area (Å²) in [6.45, 7) is 11.3. The predicted octanol–water partition coefficient (Wildman–Crippen LogP) is 6.43. The summed E-state index contributed by atoms with van der Waals surface area (Å²) >= 11 is 0. The number of nitrogens with zero attached hydrogens (tertiary/aromatic N) is 2. The van der Waals surface area contributed by atoms with Crippen LogP contribution in [0.4, 0.5) is 10.5 Å². The fraction of sp³-hybridized carbons (Fsp3) is 0.488. The van der Waals surface area contributed by atoms with Crippen LogP contribution in [0.2, 0.25) is 0 Å². The molecule has 51 heavy (non-hydrogen) atoms. The zero-order valence-corrected chi connectivity index (χ0v) is 29.9. The highest BCUT2D eigenvalue weighted by Gasteiger charge is 2.51. The summed E-state index contributed by atoms with van der Waals surface area (Å²) in [6, 6.07) is 23.8. The van der Waals surface area contributed by atoms with Crippen LogP contribution in [0.25, 0.3) is 0 Å². The molecule has 270 valence electrons. The number of likely N-dealkylation sites (tertiary alicyclic amines) is 1. The van der Waals surface area contributed by atoms with Crippen LogP contribution in [0.3, 0.4) is 0 Å². The molecular weight excluding hydrogens is 646 g/mol. The lowest BCUT2D eigenvalue weighted by molar-refractivity contribution is -0.276. The number of rotatable bonds is 9. The SMILES string of the molecule is C[C@@H]1[C@H](CN2CC3(C)CC2CC(C)(C)C3)O[C@H](c2ccc(N3C(=O)CC(NC(=O)OCc4ccccc4)C3=O)cc2)O[C@@H]1c1ccc(CO)cc1. The summed E-state index contributed by atoms with van der Waals surface area (Å²) in [6.07, 6.45) is 1.69. The molecule has 7 atom stereocenters. The molecule has 7 rings (SSSR count).